The number of piperidine rings is 1. The SMILES string of the molecule is O=C(NCc1nnc2n1CCC2)[C@H]1CCC(=O)N(C2CCCCCC2)C1. The maximum absolute atomic E-state index is 12.7. The number of carbonyl (C=O) groups excluding carboxylic acids is 2. The van der Waals surface area contributed by atoms with E-state index in [1.807, 2.05) is 4.90 Å². The van der Waals surface area contributed by atoms with Gasteiger partial charge in [0, 0.05) is 32.0 Å². The van der Waals surface area contributed by atoms with Crippen LogP contribution >= 0.6 is 0 Å². The second-order valence-electron chi connectivity index (χ2n) is 7.93. The molecule has 1 aliphatic carbocycles. The van der Waals surface area contributed by atoms with Crippen molar-refractivity contribution in [3.05, 3.63) is 11.6 Å². The van der Waals surface area contributed by atoms with Crippen molar-refractivity contribution in [3.8, 4) is 0 Å². The monoisotopic (exact) mass is 359 g/mol. The molecule has 1 atom stereocenters. The van der Waals surface area contributed by atoms with Crippen molar-refractivity contribution in [1.29, 1.82) is 0 Å². The summed E-state index contributed by atoms with van der Waals surface area (Å²) in [6.07, 6.45) is 10.3. The van der Waals surface area contributed by atoms with E-state index >= 15 is 0 Å². The number of carbonyl (C=O) groups is 2. The van der Waals surface area contributed by atoms with Crippen molar-refractivity contribution in [3.63, 3.8) is 0 Å². The molecule has 1 aromatic rings. The molecule has 0 unspecified atom stereocenters. The first kappa shape index (κ1) is 17.5. The van der Waals surface area contributed by atoms with Gasteiger partial charge in [-0.05, 0) is 25.7 Å². The summed E-state index contributed by atoms with van der Waals surface area (Å²) in [4.78, 5) is 27.1. The molecule has 0 aromatic carbocycles. The van der Waals surface area contributed by atoms with Gasteiger partial charge in [-0.3, -0.25) is 9.59 Å². The van der Waals surface area contributed by atoms with E-state index in [-0.39, 0.29) is 17.7 Å². The molecular weight excluding hydrogens is 330 g/mol. The van der Waals surface area contributed by atoms with Crippen LogP contribution in [0.15, 0.2) is 0 Å². The van der Waals surface area contributed by atoms with Crippen LogP contribution < -0.4 is 5.32 Å². The predicted octanol–water partition coefficient (Wildman–Crippen LogP) is 1.80. The fourth-order valence-electron chi connectivity index (χ4n) is 4.66. The molecule has 142 valence electrons. The molecule has 2 aliphatic heterocycles. The number of hydrogen-bond acceptors (Lipinski definition) is 4. The van der Waals surface area contributed by atoms with Gasteiger partial charge < -0.3 is 14.8 Å². The number of likely N-dealkylation sites (tertiary alicyclic amines) is 1. The number of hydrogen-bond donors (Lipinski definition) is 1. The van der Waals surface area contributed by atoms with Crippen LogP contribution in [0.2, 0.25) is 0 Å². The third-order valence-electron chi connectivity index (χ3n) is 6.19. The zero-order chi connectivity index (χ0) is 17.9. The van der Waals surface area contributed by atoms with Gasteiger partial charge in [0.15, 0.2) is 5.82 Å². The summed E-state index contributed by atoms with van der Waals surface area (Å²) in [7, 11) is 0. The first-order valence-corrected chi connectivity index (χ1v) is 10.2. The van der Waals surface area contributed by atoms with Crippen molar-refractivity contribution >= 4 is 11.8 Å². The smallest absolute Gasteiger partial charge is 0.225 e. The van der Waals surface area contributed by atoms with E-state index in [4.69, 9.17) is 0 Å². The Bertz CT molecular complexity index is 663. The summed E-state index contributed by atoms with van der Waals surface area (Å²) in [5.41, 5.74) is 0. The summed E-state index contributed by atoms with van der Waals surface area (Å²) >= 11 is 0. The fraction of sp³-hybridized carbons (Fsp3) is 0.789. The van der Waals surface area contributed by atoms with Gasteiger partial charge in [0.25, 0.3) is 0 Å². The molecule has 1 saturated heterocycles. The molecule has 1 saturated carbocycles. The number of aryl methyl sites for hydroxylation is 1. The molecule has 4 rings (SSSR count). The molecular formula is C19H29N5O2. The van der Waals surface area contributed by atoms with Crippen molar-refractivity contribution in [2.75, 3.05) is 6.54 Å². The van der Waals surface area contributed by atoms with E-state index in [1.54, 1.807) is 0 Å². The highest BCUT2D eigenvalue weighted by Gasteiger charge is 2.34. The van der Waals surface area contributed by atoms with Crippen LogP contribution in [-0.4, -0.2) is 44.1 Å². The van der Waals surface area contributed by atoms with Gasteiger partial charge in [-0.2, -0.15) is 0 Å². The van der Waals surface area contributed by atoms with Crippen LogP contribution in [0, 0.1) is 5.92 Å². The lowest BCUT2D eigenvalue weighted by Gasteiger charge is -2.37. The van der Waals surface area contributed by atoms with Crippen LogP contribution in [0.25, 0.3) is 0 Å². The Morgan fingerprint density at radius 1 is 1.04 bits per heavy atom. The minimum atomic E-state index is -0.100. The number of fused-ring (bicyclic) bond motifs is 1. The lowest BCUT2D eigenvalue weighted by atomic mass is 9.93. The van der Waals surface area contributed by atoms with Crippen molar-refractivity contribution in [1.82, 2.24) is 25.0 Å². The summed E-state index contributed by atoms with van der Waals surface area (Å²) in [6, 6.07) is 0.334. The average molecular weight is 359 g/mol. The standard InChI is InChI=1S/C19H29N5O2/c25-18-10-9-14(13-24(18)15-6-3-1-2-4-7-15)19(26)20-12-17-22-21-16-8-5-11-23(16)17/h14-15H,1-13H2,(H,20,26)/t14-/m0/s1. The van der Waals surface area contributed by atoms with Crippen LogP contribution in [0.5, 0.6) is 0 Å². The maximum Gasteiger partial charge on any atom is 0.225 e. The molecule has 0 bridgehead atoms. The van der Waals surface area contributed by atoms with Gasteiger partial charge in [0.2, 0.25) is 11.8 Å². The molecule has 7 nitrogen and oxygen atoms in total. The normalized spacial score (nSPS) is 24.4. The van der Waals surface area contributed by atoms with E-state index < -0.39 is 0 Å². The lowest BCUT2D eigenvalue weighted by molar-refractivity contribution is -0.141. The Labute approximate surface area is 154 Å². The molecule has 2 fully saturated rings. The minimum Gasteiger partial charge on any atom is -0.348 e. The van der Waals surface area contributed by atoms with Gasteiger partial charge in [-0.25, -0.2) is 0 Å². The van der Waals surface area contributed by atoms with Crippen molar-refractivity contribution in [2.24, 2.45) is 5.92 Å². The molecule has 1 N–H and O–H groups in total. The minimum absolute atomic E-state index is 0.0477. The molecule has 3 heterocycles. The second-order valence-corrected chi connectivity index (χ2v) is 7.93. The van der Waals surface area contributed by atoms with E-state index in [0.717, 1.165) is 43.9 Å². The predicted molar refractivity (Wildman–Crippen MR) is 96.1 cm³/mol. The van der Waals surface area contributed by atoms with Crippen LogP contribution in [0.3, 0.4) is 0 Å². The lowest BCUT2D eigenvalue weighted by Crippen LogP contribution is -2.49. The molecule has 2 amide bonds. The summed E-state index contributed by atoms with van der Waals surface area (Å²) in [6.45, 7) is 1.95. The third kappa shape index (κ3) is 3.62. The van der Waals surface area contributed by atoms with Crippen LogP contribution in [-0.2, 0) is 29.1 Å². The molecule has 0 spiro atoms. The fourth-order valence-corrected chi connectivity index (χ4v) is 4.66. The Morgan fingerprint density at radius 3 is 2.65 bits per heavy atom. The van der Waals surface area contributed by atoms with Gasteiger partial charge in [-0.15, -0.1) is 10.2 Å². The van der Waals surface area contributed by atoms with E-state index in [0.29, 0.717) is 32.0 Å². The number of rotatable bonds is 4. The van der Waals surface area contributed by atoms with Crippen molar-refractivity contribution in [2.45, 2.75) is 83.3 Å². The van der Waals surface area contributed by atoms with Crippen LogP contribution in [0.1, 0.15) is 69.4 Å². The highest BCUT2D eigenvalue weighted by molar-refractivity contribution is 5.83. The molecule has 3 aliphatic rings. The number of aromatic nitrogens is 3. The van der Waals surface area contributed by atoms with Crippen molar-refractivity contribution < 1.29 is 9.59 Å². The quantitative estimate of drug-likeness (QED) is 0.832. The molecule has 7 heteroatoms. The third-order valence-corrected chi connectivity index (χ3v) is 6.19. The van der Waals surface area contributed by atoms with Gasteiger partial charge in [0.1, 0.15) is 5.82 Å². The number of nitrogens with zero attached hydrogens (tertiary/aromatic N) is 4. The topological polar surface area (TPSA) is 80.1 Å². The highest BCUT2D eigenvalue weighted by Crippen LogP contribution is 2.27. The van der Waals surface area contributed by atoms with E-state index in [1.165, 1.54) is 25.7 Å². The Balaban J connectivity index is 1.34. The maximum atomic E-state index is 12.7. The molecule has 0 radical (unpaired) electrons. The number of nitrogens with one attached hydrogen (secondary N) is 1. The largest absolute Gasteiger partial charge is 0.348 e. The van der Waals surface area contributed by atoms with Gasteiger partial charge in [-0.1, -0.05) is 25.7 Å². The Hall–Kier alpha value is -1.92. The summed E-state index contributed by atoms with van der Waals surface area (Å²) in [5.74, 6) is 2.05. The van der Waals surface area contributed by atoms with Gasteiger partial charge in [0.05, 0.1) is 12.5 Å². The summed E-state index contributed by atoms with van der Waals surface area (Å²) in [5, 5.41) is 11.4. The zero-order valence-electron chi connectivity index (χ0n) is 15.5. The van der Waals surface area contributed by atoms with E-state index in [2.05, 4.69) is 20.1 Å². The number of amides is 2. The average Bonchev–Trinajstić information content (AvgIpc) is 3.16. The molecule has 1 aromatic heterocycles. The Kier molecular flexibility index (Phi) is 5.22. The molecule has 26 heavy (non-hydrogen) atoms. The summed E-state index contributed by atoms with van der Waals surface area (Å²) < 4.78 is 2.11. The Morgan fingerprint density at radius 2 is 1.85 bits per heavy atom. The second kappa shape index (κ2) is 7.76. The first-order valence-electron chi connectivity index (χ1n) is 10.2. The van der Waals surface area contributed by atoms with E-state index in [9.17, 15) is 9.59 Å². The van der Waals surface area contributed by atoms with Gasteiger partial charge >= 0.3 is 0 Å². The zero-order valence-corrected chi connectivity index (χ0v) is 15.5. The van der Waals surface area contributed by atoms with Crippen LogP contribution in [0.4, 0.5) is 0 Å². The first-order chi connectivity index (χ1) is 12.7. The highest BCUT2D eigenvalue weighted by atomic mass is 16.2.